The van der Waals surface area contributed by atoms with Crippen LogP contribution in [0.25, 0.3) is 16.8 Å². The van der Waals surface area contributed by atoms with Crippen LogP contribution in [0.2, 0.25) is 0 Å². The number of aromatic nitrogens is 4. The van der Waals surface area contributed by atoms with Crippen LogP contribution in [-0.4, -0.2) is 19.4 Å². The number of benzene rings is 3. The van der Waals surface area contributed by atoms with Crippen molar-refractivity contribution in [1.82, 2.24) is 19.4 Å². The molecule has 10 heteroatoms. The van der Waals surface area contributed by atoms with Gasteiger partial charge in [0.2, 0.25) is 5.65 Å². The average Bonchev–Trinajstić information content (AvgIpc) is 3.16. The van der Waals surface area contributed by atoms with E-state index in [1.165, 1.54) is 12.1 Å². The molecule has 0 fully saturated rings. The molecule has 0 aliphatic carbocycles. The molecule has 0 saturated carbocycles. The van der Waals surface area contributed by atoms with E-state index in [0.29, 0.717) is 22.6 Å². The average molecular weight is 588 g/mol. The smallest absolute Gasteiger partial charge is 0.416 e. The highest BCUT2D eigenvalue weighted by Gasteiger charge is 2.30. The molecule has 35 heavy (non-hydrogen) atoms. The molecular formula is C25H16F3IN4O2. The Morgan fingerprint density at radius 2 is 1.60 bits per heavy atom. The lowest BCUT2D eigenvalue weighted by Crippen LogP contribution is -2.23. The number of hydrogen-bond donors (Lipinski definition) is 0. The lowest BCUT2D eigenvalue weighted by molar-refractivity contribution is -0.137. The lowest BCUT2D eigenvalue weighted by atomic mass is 10.1. The van der Waals surface area contributed by atoms with Gasteiger partial charge in [-0.1, -0.05) is 42.5 Å². The molecule has 5 rings (SSSR count). The number of fused-ring (bicyclic) bond motifs is 1. The number of rotatable bonds is 5. The molecule has 5 aromatic rings. The molecular weight excluding hydrogens is 572 g/mol. The molecule has 6 nitrogen and oxygen atoms in total. The van der Waals surface area contributed by atoms with Crippen molar-refractivity contribution in [2.45, 2.75) is 12.7 Å². The van der Waals surface area contributed by atoms with Crippen molar-refractivity contribution in [3.05, 3.63) is 110 Å². The third-order valence-corrected chi connectivity index (χ3v) is 6.02. The summed E-state index contributed by atoms with van der Waals surface area (Å²) in [6.07, 6.45) is -2.89. The third kappa shape index (κ3) is 4.78. The molecule has 2 aromatic heterocycles. The minimum atomic E-state index is -4.43. The fraction of sp³-hybridized carbons (Fsp3) is 0.0800. The van der Waals surface area contributed by atoms with E-state index in [0.717, 1.165) is 30.5 Å². The first kappa shape index (κ1) is 23.1. The van der Waals surface area contributed by atoms with E-state index in [4.69, 9.17) is 4.74 Å². The lowest BCUT2D eigenvalue weighted by Gasteiger charge is -2.11. The Kier molecular flexibility index (Phi) is 6.05. The van der Waals surface area contributed by atoms with Crippen molar-refractivity contribution in [2.24, 2.45) is 0 Å². The first-order valence-corrected chi connectivity index (χ1v) is 11.5. The molecule has 0 amide bonds. The van der Waals surface area contributed by atoms with Gasteiger partial charge in [0.15, 0.2) is 5.75 Å². The van der Waals surface area contributed by atoms with E-state index < -0.39 is 17.4 Å². The molecule has 0 unspecified atom stereocenters. The van der Waals surface area contributed by atoms with E-state index in [1.807, 2.05) is 42.5 Å². The summed E-state index contributed by atoms with van der Waals surface area (Å²) < 4.78 is 48.2. The van der Waals surface area contributed by atoms with Gasteiger partial charge in [-0.05, 0) is 70.1 Å². The second-order valence-corrected chi connectivity index (χ2v) is 8.93. The van der Waals surface area contributed by atoms with Crippen molar-refractivity contribution in [3.8, 4) is 22.6 Å². The van der Waals surface area contributed by atoms with Gasteiger partial charge in [0, 0.05) is 9.13 Å². The van der Waals surface area contributed by atoms with Gasteiger partial charge in [-0.15, -0.1) is 5.10 Å². The van der Waals surface area contributed by atoms with E-state index >= 15 is 0 Å². The predicted molar refractivity (Wildman–Crippen MR) is 132 cm³/mol. The quantitative estimate of drug-likeness (QED) is 0.236. The molecule has 176 valence electrons. The van der Waals surface area contributed by atoms with Crippen molar-refractivity contribution in [3.63, 3.8) is 0 Å². The van der Waals surface area contributed by atoms with E-state index in [1.54, 1.807) is 18.3 Å². The Morgan fingerprint density at radius 1 is 0.914 bits per heavy atom. The van der Waals surface area contributed by atoms with Gasteiger partial charge in [-0.25, -0.2) is 9.48 Å². The number of ether oxygens (including phenoxy) is 1. The highest BCUT2D eigenvalue weighted by molar-refractivity contribution is 14.1. The highest BCUT2D eigenvalue weighted by atomic mass is 127. The Morgan fingerprint density at radius 3 is 2.26 bits per heavy atom. The number of alkyl halides is 3. The number of para-hydroxylation sites is 1. The van der Waals surface area contributed by atoms with Crippen LogP contribution in [0.3, 0.4) is 0 Å². The van der Waals surface area contributed by atoms with Crippen LogP contribution >= 0.6 is 22.6 Å². The zero-order valence-corrected chi connectivity index (χ0v) is 20.1. The second-order valence-electron chi connectivity index (χ2n) is 7.68. The molecule has 0 radical (unpaired) electrons. The minimum Gasteiger partial charge on any atom is -0.453 e. The SMILES string of the molecule is O=c1n(Cc2ccc(C(F)(F)F)cc2)nc2c(Oc3ccccc3)c(-c3ccc(I)cc3)cnn12. The van der Waals surface area contributed by atoms with E-state index in [2.05, 4.69) is 32.8 Å². The fourth-order valence-electron chi connectivity index (χ4n) is 3.56. The molecule has 3 aromatic carbocycles. The van der Waals surface area contributed by atoms with Gasteiger partial charge in [0.25, 0.3) is 0 Å². The fourth-order valence-corrected chi connectivity index (χ4v) is 3.92. The largest absolute Gasteiger partial charge is 0.453 e. The van der Waals surface area contributed by atoms with Crippen molar-refractivity contribution in [2.75, 3.05) is 0 Å². The molecule has 0 N–H and O–H groups in total. The van der Waals surface area contributed by atoms with Gasteiger partial charge in [-0.2, -0.15) is 22.8 Å². The van der Waals surface area contributed by atoms with Crippen molar-refractivity contribution >= 4 is 28.2 Å². The van der Waals surface area contributed by atoms with Crippen LogP contribution in [0, 0.1) is 3.57 Å². The topological polar surface area (TPSA) is 61.4 Å². The normalized spacial score (nSPS) is 11.7. The molecule has 0 spiro atoms. The monoisotopic (exact) mass is 588 g/mol. The van der Waals surface area contributed by atoms with E-state index in [9.17, 15) is 18.0 Å². The zero-order valence-electron chi connectivity index (χ0n) is 17.9. The first-order chi connectivity index (χ1) is 16.8. The summed E-state index contributed by atoms with van der Waals surface area (Å²) in [7, 11) is 0. The number of hydrogen-bond acceptors (Lipinski definition) is 4. The number of halogens is 4. The summed E-state index contributed by atoms with van der Waals surface area (Å²) in [4.78, 5) is 13.0. The predicted octanol–water partition coefficient (Wildman–Crippen LogP) is 6.02. The van der Waals surface area contributed by atoms with Crippen molar-refractivity contribution < 1.29 is 17.9 Å². The van der Waals surface area contributed by atoms with Crippen LogP contribution < -0.4 is 10.4 Å². The van der Waals surface area contributed by atoms with Crippen LogP contribution in [-0.2, 0) is 12.7 Å². The summed E-state index contributed by atoms with van der Waals surface area (Å²) >= 11 is 2.21. The Labute approximate surface area is 210 Å². The van der Waals surface area contributed by atoms with Crippen LogP contribution in [0.1, 0.15) is 11.1 Å². The second kappa shape index (κ2) is 9.17. The van der Waals surface area contributed by atoms with Crippen LogP contribution in [0.5, 0.6) is 11.5 Å². The van der Waals surface area contributed by atoms with E-state index in [-0.39, 0.29) is 12.2 Å². The van der Waals surface area contributed by atoms with Gasteiger partial charge < -0.3 is 4.74 Å². The summed E-state index contributed by atoms with van der Waals surface area (Å²) in [5.74, 6) is 0.896. The van der Waals surface area contributed by atoms with Crippen molar-refractivity contribution in [1.29, 1.82) is 0 Å². The molecule has 0 saturated heterocycles. The van der Waals surface area contributed by atoms with Gasteiger partial charge in [0.05, 0.1) is 18.3 Å². The van der Waals surface area contributed by atoms with Gasteiger partial charge >= 0.3 is 11.9 Å². The highest BCUT2D eigenvalue weighted by Crippen LogP contribution is 2.35. The first-order valence-electron chi connectivity index (χ1n) is 10.4. The summed E-state index contributed by atoms with van der Waals surface area (Å²) in [5.41, 5.74) is 0.868. The molecule has 0 aliphatic rings. The van der Waals surface area contributed by atoms with Crippen LogP contribution in [0.4, 0.5) is 13.2 Å². The number of nitrogens with zero attached hydrogens (tertiary/aromatic N) is 4. The van der Waals surface area contributed by atoms with Gasteiger partial charge in [-0.3, -0.25) is 0 Å². The molecule has 2 heterocycles. The third-order valence-electron chi connectivity index (χ3n) is 5.30. The maximum atomic E-state index is 13.0. The Balaban J connectivity index is 1.60. The standard InChI is InChI=1S/C25H16F3IN4O2/c26-25(27,28)18-10-6-16(7-11-18)15-32-24(34)33-23(31-32)22(35-20-4-2-1-3-5-20)21(14-30-33)17-8-12-19(29)13-9-17/h1-14H,15H2. The van der Waals surface area contributed by atoms with Gasteiger partial charge in [0.1, 0.15) is 5.75 Å². The molecule has 0 aliphatic heterocycles. The Hall–Kier alpha value is -3.67. The maximum absolute atomic E-state index is 13.0. The zero-order chi connectivity index (χ0) is 24.6. The molecule has 0 bridgehead atoms. The maximum Gasteiger partial charge on any atom is 0.416 e. The summed E-state index contributed by atoms with van der Waals surface area (Å²) in [5, 5.41) is 8.72. The summed E-state index contributed by atoms with van der Waals surface area (Å²) in [6.45, 7) is -0.0238. The molecule has 0 atom stereocenters. The van der Waals surface area contributed by atoms with Crippen LogP contribution in [0.15, 0.2) is 89.9 Å². The summed E-state index contributed by atoms with van der Waals surface area (Å²) in [6, 6.07) is 21.4. The Bertz CT molecular complexity index is 1550. The minimum absolute atomic E-state index is 0.0238.